The van der Waals surface area contributed by atoms with Gasteiger partial charge in [0, 0.05) is 38.4 Å². The lowest BCUT2D eigenvalue weighted by Gasteiger charge is -2.38. The van der Waals surface area contributed by atoms with Gasteiger partial charge in [-0.3, -0.25) is 9.69 Å². The Hall–Kier alpha value is -2.75. The number of carbonyl (C=O) groups is 2. The molecule has 3 heterocycles. The lowest BCUT2D eigenvalue weighted by molar-refractivity contribution is -0.133. The van der Waals surface area contributed by atoms with Crippen LogP contribution in [0.2, 0.25) is 0 Å². The van der Waals surface area contributed by atoms with E-state index < -0.39 is 15.4 Å². The van der Waals surface area contributed by atoms with E-state index in [9.17, 15) is 18.0 Å². The van der Waals surface area contributed by atoms with Crippen LogP contribution in [-0.4, -0.2) is 74.7 Å². The smallest absolute Gasteiger partial charge is 0.323 e. The Bertz CT molecular complexity index is 1190. The summed E-state index contributed by atoms with van der Waals surface area (Å²) in [5.41, 5.74) is 1.25. The fourth-order valence-corrected chi connectivity index (χ4v) is 6.28. The number of amides is 3. The molecule has 0 bridgehead atoms. The molecule has 2 aromatic rings. The van der Waals surface area contributed by atoms with Crippen molar-refractivity contribution in [1.82, 2.24) is 20.4 Å². The molecule has 3 amide bonds. The van der Waals surface area contributed by atoms with E-state index in [1.165, 1.54) is 22.6 Å². The largest absolute Gasteiger partial charge is 0.325 e. The SMILES string of the molecule is CS(=O)(=O)c1ccc(CN2C(=O)NC3(CCN(C[C@H]4CNC[C@@H]4c4ccccc4)CC3)C2=O)cc1. The van der Waals surface area contributed by atoms with Gasteiger partial charge in [0.2, 0.25) is 0 Å². The van der Waals surface area contributed by atoms with Gasteiger partial charge >= 0.3 is 6.03 Å². The Morgan fingerprint density at radius 1 is 0.971 bits per heavy atom. The third-order valence-corrected chi connectivity index (χ3v) is 8.84. The van der Waals surface area contributed by atoms with Gasteiger partial charge in [-0.1, -0.05) is 42.5 Å². The first-order valence-corrected chi connectivity index (χ1v) is 14.1. The number of hydrogen-bond donors (Lipinski definition) is 2. The Morgan fingerprint density at radius 2 is 1.66 bits per heavy atom. The van der Waals surface area contributed by atoms with E-state index in [0.717, 1.165) is 44.5 Å². The zero-order valence-electron chi connectivity index (χ0n) is 19.9. The van der Waals surface area contributed by atoms with Gasteiger partial charge in [0.1, 0.15) is 5.54 Å². The first kappa shape index (κ1) is 24.0. The topological polar surface area (TPSA) is 98.8 Å². The summed E-state index contributed by atoms with van der Waals surface area (Å²) in [6.07, 6.45) is 2.34. The quantitative estimate of drug-likeness (QED) is 0.594. The van der Waals surface area contributed by atoms with Crippen molar-refractivity contribution in [1.29, 1.82) is 0 Å². The zero-order valence-corrected chi connectivity index (χ0v) is 20.8. The fraction of sp³-hybridized carbons (Fsp3) is 0.462. The lowest BCUT2D eigenvalue weighted by atomic mass is 9.85. The van der Waals surface area contributed by atoms with Crippen LogP contribution in [0.1, 0.15) is 29.9 Å². The second kappa shape index (κ2) is 9.37. The van der Waals surface area contributed by atoms with Crippen LogP contribution in [0.25, 0.3) is 0 Å². The number of nitrogens with one attached hydrogen (secondary N) is 2. The van der Waals surface area contributed by atoms with Crippen LogP contribution in [-0.2, 0) is 21.2 Å². The fourth-order valence-electron chi connectivity index (χ4n) is 5.65. The zero-order chi connectivity index (χ0) is 24.6. The third kappa shape index (κ3) is 4.85. The highest BCUT2D eigenvalue weighted by Crippen LogP contribution is 2.33. The molecule has 186 valence electrons. The van der Waals surface area contributed by atoms with Crippen LogP contribution < -0.4 is 10.6 Å². The summed E-state index contributed by atoms with van der Waals surface area (Å²) >= 11 is 0. The molecule has 0 saturated carbocycles. The summed E-state index contributed by atoms with van der Waals surface area (Å²) in [7, 11) is -3.29. The van der Waals surface area contributed by atoms with Crippen molar-refractivity contribution in [3.05, 3.63) is 65.7 Å². The van der Waals surface area contributed by atoms with Crippen molar-refractivity contribution in [3.63, 3.8) is 0 Å². The maximum absolute atomic E-state index is 13.3. The summed E-state index contributed by atoms with van der Waals surface area (Å²) in [4.78, 5) is 30.0. The molecule has 9 heteroatoms. The van der Waals surface area contributed by atoms with Crippen molar-refractivity contribution < 1.29 is 18.0 Å². The number of likely N-dealkylation sites (tertiary alicyclic amines) is 1. The molecule has 2 atom stereocenters. The highest BCUT2D eigenvalue weighted by atomic mass is 32.2. The van der Waals surface area contributed by atoms with E-state index >= 15 is 0 Å². The summed E-state index contributed by atoms with van der Waals surface area (Å²) in [5.74, 6) is 0.829. The summed E-state index contributed by atoms with van der Waals surface area (Å²) < 4.78 is 23.4. The maximum atomic E-state index is 13.3. The number of rotatable bonds is 6. The molecule has 5 rings (SSSR count). The van der Waals surface area contributed by atoms with Crippen LogP contribution in [0.15, 0.2) is 59.5 Å². The molecule has 3 fully saturated rings. The molecule has 0 aromatic heterocycles. The predicted molar refractivity (Wildman–Crippen MR) is 133 cm³/mol. The summed E-state index contributed by atoms with van der Waals surface area (Å²) in [6.45, 7) is 4.61. The van der Waals surface area contributed by atoms with Gasteiger partial charge in [0.15, 0.2) is 9.84 Å². The van der Waals surface area contributed by atoms with Crippen molar-refractivity contribution in [3.8, 4) is 0 Å². The van der Waals surface area contributed by atoms with Gasteiger partial charge in [-0.15, -0.1) is 0 Å². The Morgan fingerprint density at radius 3 is 2.31 bits per heavy atom. The molecular formula is C26H32N4O4S. The molecule has 2 N–H and O–H groups in total. The van der Waals surface area contributed by atoms with Crippen LogP contribution in [0, 0.1) is 5.92 Å². The Labute approximate surface area is 206 Å². The second-order valence-electron chi connectivity index (χ2n) is 10.1. The molecular weight excluding hydrogens is 464 g/mol. The van der Waals surface area contributed by atoms with Gasteiger partial charge < -0.3 is 15.5 Å². The minimum atomic E-state index is -3.29. The number of imide groups is 1. The van der Waals surface area contributed by atoms with Crippen LogP contribution >= 0.6 is 0 Å². The molecule has 8 nitrogen and oxygen atoms in total. The monoisotopic (exact) mass is 496 g/mol. The summed E-state index contributed by atoms with van der Waals surface area (Å²) in [6, 6.07) is 16.6. The Kier molecular flexibility index (Phi) is 6.41. The lowest BCUT2D eigenvalue weighted by Crippen LogP contribution is -2.55. The van der Waals surface area contributed by atoms with Crippen LogP contribution in [0.4, 0.5) is 4.79 Å². The number of sulfone groups is 1. The Balaban J connectivity index is 1.20. The van der Waals surface area contributed by atoms with Gasteiger partial charge in [-0.05, 0) is 48.6 Å². The van der Waals surface area contributed by atoms with Gasteiger partial charge in [-0.2, -0.15) is 0 Å². The molecule has 0 unspecified atom stereocenters. The normalized spacial score (nSPS) is 24.8. The van der Waals surface area contributed by atoms with E-state index in [-0.39, 0.29) is 23.4 Å². The molecule has 0 radical (unpaired) electrons. The number of urea groups is 1. The van der Waals surface area contributed by atoms with Crippen molar-refractivity contribution in [2.24, 2.45) is 5.92 Å². The number of benzene rings is 2. The highest BCUT2D eigenvalue weighted by Gasteiger charge is 2.52. The third-order valence-electron chi connectivity index (χ3n) is 7.71. The molecule has 1 spiro atoms. The first-order chi connectivity index (χ1) is 16.7. The minimum Gasteiger partial charge on any atom is -0.323 e. The molecule has 3 saturated heterocycles. The number of hydrogen-bond acceptors (Lipinski definition) is 6. The second-order valence-corrected chi connectivity index (χ2v) is 12.1. The average molecular weight is 497 g/mol. The van der Waals surface area contributed by atoms with Crippen molar-refractivity contribution >= 4 is 21.8 Å². The predicted octanol–water partition coefficient (Wildman–Crippen LogP) is 1.98. The summed E-state index contributed by atoms with van der Waals surface area (Å²) in [5, 5.41) is 6.51. The van der Waals surface area contributed by atoms with Gasteiger partial charge in [0.05, 0.1) is 11.4 Å². The standard InChI is InChI=1S/C26H32N4O4S/c1-35(33,34)22-9-7-19(8-10-22)17-30-24(31)26(28-25(30)32)11-13-29(14-12-26)18-21-15-27-16-23(21)20-5-3-2-4-6-20/h2-10,21,23,27H,11-18H2,1H3,(H,28,32)/t21-,23-/m1/s1. The molecule has 0 aliphatic carbocycles. The average Bonchev–Trinajstić information content (AvgIpc) is 3.39. The van der Waals surface area contributed by atoms with E-state index in [1.807, 2.05) is 6.07 Å². The molecule has 3 aliphatic heterocycles. The van der Waals surface area contributed by atoms with Gasteiger partial charge in [-0.25, -0.2) is 13.2 Å². The number of nitrogens with zero attached hydrogens (tertiary/aromatic N) is 2. The first-order valence-electron chi connectivity index (χ1n) is 12.2. The van der Waals surface area contributed by atoms with Gasteiger partial charge in [0.25, 0.3) is 5.91 Å². The van der Waals surface area contributed by atoms with E-state index in [0.29, 0.717) is 24.7 Å². The number of piperidine rings is 1. The highest BCUT2D eigenvalue weighted by molar-refractivity contribution is 7.90. The molecule has 2 aromatic carbocycles. The van der Waals surface area contributed by atoms with Crippen molar-refractivity contribution in [2.45, 2.75) is 35.7 Å². The van der Waals surface area contributed by atoms with E-state index in [2.05, 4.69) is 39.8 Å². The molecule has 3 aliphatic rings. The molecule has 35 heavy (non-hydrogen) atoms. The van der Waals surface area contributed by atoms with Crippen LogP contribution in [0.3, 0.4) is 0 Å². The van der Waals surface area contributed by atoms with Crippen LogP contribution in [0.5, 0.6) is 0 Å². The maximum Gasteiger partial charge on any atom is 0.325 e. The van der Waals surface area contributed by atoms with E-state index in [1.54, 1.807) is 12.1 Å². The van der Waals surface area contributed by atoms with Crippen molar-refractivity contribution in [2.75, 3.05) is 39.0 Å². The number of carbonyl (C=O) groups excluding carboxylic acids is 2. The minimum absolute atomic E-state index is 0.132. The van der Waals surface area contributed by atoms with E-state index in [4.69, 9.17) is 0 Å².